The molecule has 10 heteroatoms. The van der Waals surface area contributed by atoms with Crippen molar-refractivity contribution in [1.82, 2.24) is 0 Å². The molecule has 0 spiro atoms. The molecule has 1 aliphatic rings. The van der Waals surface area contributed by atoms with E-state index in [1.54, 1.807) is 20.1 Å². The first-order valence-electron chi connectivity index (χ1n) is 12.9. The number of ether oxygens (including phenoxy) is 3. The molecule has 2 unspecified atom stereocenters. The maximum absolute atomic E-state index is 13.0. The zero-order chi connectivity index (χ0) is 29.4. The lowest BCUT2D eigenvalue weighted by atomic mass is 9.92. The number of rotatable bonds is 7. The van der Waals surface area contributed by atoms with Crippen LogP contribution in [0, 0.1) is 6.92 Å². The van der Waals surface area contributed by atoms with Crippen molar-refractivity contribution in [3.05, 3.63) is 69.1 Å². The summed E-state index contributed by atoms with van der Waals surface area (Å²) in [7, 11) is 1.55. The van der Waals surface area contributed by atoms with E-state index >= 15 is 0 Å². The van der Waals surface area contributed by atoms with E-state index in [0.717, 1.165) is 5.57 Å². The van der Waals surface area contributed by atoms with Gasteiger partial charge in [-0.15, -0.1) is 0 Å². The molecular weight excluding hydrogens is 518 g/mol. The number of aromatic hydroxyl groups is 2. The van der Waals surface area contributed by atoms with E-state index in [-0.39, 0.29) is 34.1 Å². The largest absolute Gasteiger partial charge is 0.508 e. The summed E-state index contributed by atoms with van der Waals surface area (Å²) in [6.45, 7) is 9.17. The maximum atomic E-state index is 13.0. The normalized spacial score (nSPS) is 20.2. The molecular formula is C30H35NO9. The number of phenolic OH excluding ortho intramolecular Hbond substituents is 1. The number of methoxy groups -OCH3 is 1. The quantitative estimate of drug-likeness (QED) is 0.244. The number of allylic oxidation sites excluding steroid dienone is 2. The highest BCUT2D eigenvalue weighted by atomic mass is 16.7. The van der Waals surface area contributed by atoms with Gasteiger partial charge in [0.15, 0.2) is 11.4 Å². The van der Waals surface area contributed by atoms with Crippen molar-refractivity contribution in [3.63, 3.8) is 0 Å². The van der Waals surface area contributed by atoms with E-state index in [9.17, 15) is 24.9 Å². The maximum Gasteiger partial charge on any atom is 0.364 e. The summed E-state index contributed by atoms with van der Waals surface area (Å²) in [4.78, 5) is 25.8. The van der Waals surface area contributed by atoms with Gasteiger partial charge in [-0.3, -0.25) is 4.79 Å². The van der Waals surface area contributed by atoms with Gasteiger partial charge in [0, 0.05) is 24.7 Å². The number of aliphatic hydroxyl groups is 1. The van der Waals surface area contributed by atoms with Gasteiger partial charge >= 0.3 is 5.63 Å². The van der Waals surface area contributed by atoms with E-state index in [1.807, 2.05) is 33.8 Å². The van der Waals surface area contributed by atoms with Crippen LogP contribution in [0.1, 0.15) is 55.6 Å². The molecule has 0 saturated carbocycles. The van der Waals surface area contributed by atoms with Crippen LogP contribution < -0.4 is 15.7 Å². The Morgan fingerprint density at radius 2 is 1.93 bits per heavy atom. The molecule has 1 fully saturated rings. The van der Waals surface area contributed by atoms with Gasteiger partial charge in [0.25, 0.3) is 5.91 Å². The topological polar surface area (TPSA) is 148 Å². The summed E-state index contributed by atoms with van der Waals surface area (Å²) in [6.07, 6.45) is 0.359. The molecule has 0 aliphatic carbocycles. The van der Waals surface area contributed by atoms with Crippen molar-refractivity contribution in [3.8, 4) is 17.2 Å². The molecule has 0 bridgehead atoms. The number of carbonyl (C=O) groups excluding carboxylic acids is 1. The average molecular weight is 554 g/mol. The second kappa shape index (κ2) is 11.3. The van der Waals surface area contributed by atoms with E-state index in [1.165, 1.54) is 24.3 Å². The van der Waals surface area contributed by atoms with Crippen molar-refractivity contribution in [2.75, 3.05) is 12.4 Å². The minimum absolute atomic E-state index is 0.0452. The van der Waals surface area contributed by atoms with Crippen LogP contribution in [0.4, 0.5) is 5.69 Å². The Labute approximate surface area is 231 Å². The molecule has 214 valence electrons. The molecule has 1 amide bonds. The Kier molecular flexibility index (Phi) is 8.25. The lowest BCUT2D eigenvalue weighted by Crippen LogP contribution is -2.55. The van der Waals surface area contributed by atoms with Gasteiger partial charge in [0.2, 0.25) is 6.29 Å². The molecule has 4 N–H and O–H groups in total. The molecule has 40 heavy (non-hydrogen) atoms. The predicted octanol–water partition coefficient (Wildman–Crippen LogP) is 4.55. The van der Waals surface area contributed by atoms with Crippen LogP contribution in [0.15, 0.2) is 51.2 Å². The molecule has 3 aromatic rings. The lowest BCUT2D eigenvalue weighted by molar-refractivity contribution is -0.271. The van der Waals surface area contributed by atoms with E-state index < -0.39 is 41.0 Å². The fourth-order valence-electron chi connectivity index (χ4n) is 4.67. The smallest absolute Gasteiger partial charge is 0.364 e. The third-order valence-electron chi connectivity index (χ3n) is 7.05. The number of phenols is 1. The Morgan fingerprint density at radius 3 is 2.60 bits per heavy atom. The molecule has 1 aromatic heterocycles. The van der Waals surface area contributed by atoms with Gasteiger partial charge in [-0.1, -0.05) is 11.6 Å². The Balaban J connectivity index is 1.61. The van der Waals surface area contributed by atoms with Crippen molar-refractivity contribution < 1.29 is 38.7 Å². The molecule has 2 aromatic carbocycles. The Bertz CT molecular complexity index is 1520. The van der Waals surface area contributed by atoms with Gasteiger partial charge < -0.3 is 39.3 Å². The highest BCUT2D eigenvalue weighted by Crippen LogP contribution is 2.38. The number of aliphatic hydroxyl groups excluding tert-OH is 1. The second-order valence-corrected chi connectivity index (χ2v) is 10.7. The number of carbonyl (C=O) groups is 1. The van der Waals surface area contributed by atoms with Crippen molar-refractivity contribution >= 4 is 22.6 Å². The summed E-state index contributed by atoms with van der Waals surface area (Å²) >= 11 is 0. The van der Waals surface area contributed by atoms with Crippen LogP contribution >= 0.6 is 0 Å². The summed E-state index contributed by atoms with van der Waals surface area (Å²) in [5, 5.41) is 34.2. The first-order chi connectivity index (χ1) is 18.8. The Morgan fingerprint density at radius 1 is 1.20 bits per heavy atom. The molecule has 4 rings (SSSR count). The number of hydrogen-bond acceptors (Lipinski definition) is 9. The number of anilines is 1. The predicted molar refractivity (Wildman–Crippen MR) is 149 cm³/mol. The molecule has 2 heterocycles. The highest BCUT2D eigenvalue weighted by molar-refractivity contribution is 6.06. The fourth-order valence-corrected chi connectivity index (χ4v) is 4.67. The van der Waals surface area contributed by atoms with Crippen LogP contribution in [-0.4, -0.2) is 52.4 Å². The van der Waals surface area contributed by atoms with E-state index in [2.05, 4.69) is 5.32 Å². The minimum Gasteiger partial charge on any atom is -0.508 e. The van der Waals surface area contributed by atoms with Gasteiger partial charge in [0.05, 0.1) is 17.1 Å². The van der Waals surface area contributed by atoms with Crippen molar-refractivity contribution in [2.24, 2.45) is 0 Å². The summed E-state index contributed by atoms with van der Waals surface area (Å²) in [6, 6.07) is 7.39. The average Bonchev–Trinajstić information content (AvgIpc) is 2.89. The first kappa shape index (κ1) is 29.1. The minimum atomic E-state index is -0.997. The molecule has 3 atom stereocenters. The summed E-state index contributed by atoms with van der Waals surface area (Å²) < 4.78 is 22.8. The van der Waals surface area contributed by atoms with Crippen molar-refractivity contribution in [1.29, 1.82) is 0 Å². The number of aryl methyl sites for hydroxylation is 1. The number of hydrogen-bond donors (Lipinski definition) is 4. The standard InChI is InChI=1S/C30H35NO9/c1-15(2)7-8-17-13-18(9-11-20(17)32)27(35)31-24-25(34)19-10-12-22(16(3)26(19)39-28(24)36)38-29-21(33)14-23(37-6)30(4,5)40-29/h7,9-13,21,23,29,32-34H,8,14H2,1-6H3,(H,31,35)/t21-,23?,29?/m1/s1. The number of fused-ring (bicyclic) bond motifs is 1. The van der Waals surface area contributed by atoms with Gasteiger partial charge in [-0.25, -0.2) is 4.79 Å². The number of amides is 1. The van der Waals surface area contributed by atoms with Crippen LogP contribution in [-0.2, 0) is 15.9 Å². The van der Waals surface area contributed by atoms with Crippen LogP contribution in [0.3, 0.4) is 0 Å². The third-order valence-corrected chi connectivity index (χ3v) is 7.05. The second-order valence-electron chi connectivity index (χ2n) is 10.7. The van der Waals surface area contributed by atoms with E-state index in [4.69, 9.17) is 18.6 Å². The third kappa shape index (κ3) is 5.84. The van der Waals surface area contributed by atoms with Crippen molar-refractivity contribution in [2.45, 2.75) is 71.6 Å². The fraction of sp³-hybridized carbons (Fsp3) is 0.400. The van der Waals surface area contributed by atoms with Crippen LogP contribution in [0.25, 0.3) is 11.0 Å². The first-order valence-corrected chi connectivity index (χ1v) is 12.9. The Hall–Kier alpha value is -3.86. The highest BCUT2D eigenvalue weighted by Gasteiger charge is 2.44. The molecule has 1 aliphatic heterocycles. The number of nitrogens with one attached hydrogen (secondary N) is 1. The zero-order valence-electron chi connectivity index (χ0n) is 23.4. The van der Waals surface area contributed by atoms with Crippen LogP contribution in [0.5, 0.6) is 17.2 Å². The molecule has 0 radical (unpaired) electrons. The van der Waals surface area contributed by atoms with E-state index in [0.29, 0.717) is 24.0 Å². The molecule has 10 nitrogen and oxygen atoms in total. The summed E-state index contributed by atoms with van der Waals surface area (Å²) in [5.74, 6) is -0.785. The lowest BCUT2D eigenvalue weighted by Gasteiger charge is -2.43. The van der Waals surface area contributed by atoms with Gasteiger partial charge in [-0.05, 0) is 76.9 Å². The van der Waals surface area contributed by atoms with Gasteiger partial charge in [-0.2, -0.15) is 0 Å². The summed E-state index contributed by atoms with van der Waals surface area (Å²) in [5.41, 5.74) is 0.161. The van der Waals surface area contributed by atoms with Gasteiger partial charge in [0.1, 0.15) is 23.2 Å². The monoisotopic (exact) mass is 553 g/mol. The number of benzene rings is 2. The van der Waals surface area contributed by atoms with Crippen LogP contribution in [0.2, 0.25) is 0 Å². The zero-order valence-corrected chi connectivity index (χ0v) is 23.4. The molecule has 1 saturated heterocycles. The SMILES string of the molecule is COC1C[C@@H](O)C(Oc2ccc3c(O)c(NC(=O)c4ccc(O)c(CC=C(C)C)c4)c(=O)oc3c2C)OC1(C)C.